The number of aliphatic hydroxyl groups excluding tert-OH is 1. The van der Waals surface area contributed by atoms with Crippen LogP contribution in [0.2, 0.25) is 0 Å². The van der Waals surface area contributed by atoms with E-state index in [-0.39, 0.29) is 6.42 Å². The Labute approximate surface area is 58.0 Å². The first kappa shape index (κ1) is 7.88. The van der Waals surface area contributed by atoms with Crippen molar-refractivity contribution in [1.29, 1.82) is 0 Å². The van der Waals surface area contributed by atoms with E-state index in [1.807, 2.05) is 0 Å². The maximum atomic E-state index is 12.6. The molecule has 0 saturated heterocycles. The lowest BCUT2D eigenvalue weighted by atomic mass is 9.90. The van der Waals surface area contributed by atoms with Crippen LogP contribution in [0.4, 0.5) is 8.78 Å². The van der Waals surface area contributed by atoms with Crippen LogP contribution in [-0.2, 0) is 0 Å². The maximum absolute atomic E-state index is 12.6. The Hall–Kier alpha value is -0.220. The van der Waals surface area contributed by atoms with Gasteiger partial charge in [-0.3, -0.25) is 0 Å². The number of halogens is 2. The molecule has 0 amide bonds. The minimum absolute atomic E-state index is 0.189. The number of nitrogens with two attached hydrogens (primary N) is 1. The molecule has 0 radical (unpaired) electrons. The molecule has 1 saturated carbocycles. The number of hydrogen-bond donors (Lipinski definition) is 2. The van der Waals surface area contributed by atoms with E-state index in [9.17, 15) is 8.78 Å². The molecule has 4 heteroatoms. The van der Waals surface area contributed by atoms with Gasteiger partial charge in [-0.25, -0.2) is 8.78 Å². The van der Waals surface area contributed by atoms with E-state index in [4.69, 9.17) is 10.8 Å². The van der Waals surface area contributed by atoms with Crippen molar-refractivity contribution in [3.05, 3.63) is 0 Å². The van der Waals surface area contributed by atoms with Crippen LogP contribution in [-0.4, -0.2) is 23.2 Å². The highest BCUT2D eigenvalue weighted by Gasteiger charge is 2.43. The SMILES string of the molecule is N[C@@H]1[C@@H](O)CCCC1(F)F. The fraction of sp³-hybridized carbons (Fsp3) is 1.00. The maximum Gasteiger partial charge on any atom is 0.265 e. The van der Waals surface area contributed by atoms with Gasteiger partial charge >= 0.3 is 0 Å². The third kappa shape index (κ3) is 1.27. The van der Waals surface area contributed by atoms with E-state index in [0.29, 0.717) is 12.8 Å². The smallest absolute Gasteiger partial charge is 0.265 e. The molecule has 0 aliphatic heterocycles. The van der Waals surface area contributed by atoms with Gasteiger partial charge in [0, 0.05) is 6.42 Å². The Balaban J connectivity index is 2.60. The largest absolute Gasteiger partial charge is 0.391 e. The first-order chi connectivity index (χ1) is 4.54. The summed E-state index contributed by atoms with van der Waals surface area (Å²) in [4.78, 5) is 0. The molecule has 0 spiro atoms. The van der Waals surface area contributed by atoms with Crippen LogP contribution in [0.3, 0.4) is 0 Å². The van der Waals surface area contributed by atoms with E-state index in [0.717, 1.165) is 0 Å². The third-order valence-corrected chi connectivity index (χ3v) is 1.91. The first-order valence-corrected chi connectivity index (χ1v) is 3.35. The standard InChI is InChI=1S/C6H11F2NO/c7-6(8)3-1-2-4(10)5(6)9/h4-5,10H,1-3,9H2/t4-,5+/m0/s1. The van der Waals surface area contributed by atoms with Gasteiger partial charge in [-0.1, -0.05) is 0 Å². The Kier molecular flexibility index (Phi) is 1.92. The molecule has 3 N–H and O–H groups in total. The highest BCUT2D eigenvalue weighted by molar-refractivity contribution is 4.90. The summed E-state index contributed by atoms with van der Waals surface area (Å²) in [5, 5.41) is 8.91. The molecular weight excluding hydrogens is 140 g/mol. The van der Waals surface area contributed by atoms with Gasteiger partial charge in [0.15, 0.2) is 0 Å². The minimum Gasteiger partial charge on any atom is -0.391 e. The second kappa shape index (κ2) is 2.43. The van der Waals surface area contributed by atoms with Crippen LogP contribution in [0.25, 0.3) is 0 Å². The highest BCUT2D eigenvalue weighted by Crippen LogP contribution is 2.32. The van der Waals surface area contributed by atoms with Gasteiger partial charge in [-0.05, 0) is 12.8 Å². The predicted molar refractivity (Wildman–Crippen MR) is 32.8 cm³/mol. The fourth-order valence-corrected chi connectivity index (χ4v) is 1.17. The molecule has 0 heterocycles. The van der Waals surface area contributed by atoms with Gasteiger partial charge < -0.3 is 10.8 Å². The molecule has 0 unspecified atom stereocenters. The monoisotopic (exact) mass is 151 g/mol. The Morgan fingerprint density at radius 2 is 2.10 bits per heavy atom. The van der Waals surface area contributed by atoms with Crippen LogP contribution < -0.4 is 5.73 Å². The van der Waals surface area contributed by atoms with E-state index < -0.39 is 18.1 Å². The Morgan fingerprint density at radius 3 is 2.50 bits per heavy atom. The van der Waals surface area contributed by atoms with Crippen molar-refractivity contribution in [2.24, 2.45) is 5.73 Å². The lowest BCUT2D eigenvalue weighted by Gasteiger charge is -2.32. The fourth-order valence-electron chi connectivity index (χ4n) is 1.17. The van der Waals surface area contributed by atoms with Crippen LogP contribution >= 0.6 is 0 Å². The summed E-state index contributed by atoms with van der Waals surface area (Å²) in [5.74, 6) is -2.86. The summed E-state index contributed by atoms with van der Waals surface area (Å²) in [5.41, 5.74) is 5.06. The third-order valence-electron chi connectivity index (χ3n) is 1.91. The molecule has 0 aromatic carbocycles. The average molecular weight is 151 g/mol. The van der Waals surface area contributed by atoms with E-state index in [2.05, 4.69) is 0 Å². The van der Waals surface area contributed by atoms with Crippen molar-refractivity contribution >= 4 is 0 Å². The summed E-state index contributed by atoms with van der Waals surface area (Å²) in [6, 6.07) is -1.36. The molecule has 2 nitrogen and oxygen atoms in total. The summed E-state index contributed by atoms with van der Waals surface area (Å²) < 4.78 is 25.1. The summed E-state index contributed by atoms with van der Waals surface area (Å²) in [7, 11) is 0. The molecule has 1 aliphatic rings. The number of hydrogen-bond acceptors (Lipinski definition) is 2. The molecule has 1 aliphatic carbocycles. The minimum atomic E-state index is -2.86. The van der Waals surface area contributed by atoms with Gasteiger partial charge in [0.2, 0.25) is 0 Å². The van der Waals surface area contributed by atoms with Crippen molar-refractivity contribution in [2.75, 3.05) is 0 Å². The van der Waals surface area contributed by atoms with Crippen molar-refractivity contribution < 1.29 is 13.9 Å². The van der Waals surface area contributed by atoms with Crippen molar-refractivity contribution in [3.8, 4) is 0 Å². The predicted octanol–water partition coefficient (Wildman–Crippen LogP) is 0.494. The van der Waals surface area contributed by atoms with Crippen molar-refractivity contribution in [1.82, 2.24) is 0 Å². The summed E-state index contributed by atoms with van der Waals surface area (Å²) >= 11 is 0. The molecule has 1 rings (SSSR count). The second-order valence-electron chi connectivity index (χ2n) is 2.75. The van der Waals surface area contributed by atoms with Gasteiger partial charge in [0.25, 0.3) is 5.92 Å². The summed E-state index contributed by atoms with van der Waals surface area (Å²) in [6.07, 6.45) is -0.451. The number of rotatable bonds is 0. The summed E-state index contributed by atoms with van der Waals surface area (Å²) in [6.45, 7) is 0. The first-order valence-electron chi connectivity index (χ1n) is 3.35. The average Bonchev–Trinajstić information content (AvgIpc) is 1.83. The van der Waals surface area contributed by atoms with Crippen LogP contribution in [0.15, 0.2) is 0 Å². The van der Waals surface area contributed by atoms with Gasteiger partial charge in [0.1, 0.15) is 0 Å². The van der Waals surface area contributed by atoms with Gasteiger partial charge in [-0.15, -0.1) is 0 Å². The van der Waals surface area contributed by atoms with Crippen molar-refractivity contribution in [3.63, 3.8) is 0 Å². The Bertz CT molecular complexity index is 129. The van der Waals surface area contributed by atoms with Gasteiger partial charge in [0.05, 0.1) is 12.1 Å². The molecule has 10 heavy (non-hydrogen) atoms. The van der Waals surface area contributed by atoms with E-state index in [1.165, 1.54) is 0 Å². The molecular formula is C6H11F2NO. The van der Waals surface area contributed by atoms with Crippen LogP contribution in [0.5, 0.6) is 0 Å². The van der Waals surface area contributed by atoms with Crippen LogP contribution in [0.1, 0.15) is 19.3 Å². The van der Waals surface area contributed by atoms with Gasteiger partial charge in [-0.2, -0.15) is 0 Å². The lowest BCUT2D eigenvalue weighted by molar-refractivity contribution is -0.0953. The molecule has 2 atom stereocenters. The quantitative estimate of drug-likeness (QED) is 0.529. The molecule has 0 aromatic heterocycles. The van der Waals surface area contributed by atoms with E-state index in [1.54, 1.807) is 0 Å². The van der Waals surface area contributed by atoms with Crippen molar-refractivity contribution in [2.45, 2.75) is 37.3 Å². The van der Waals surface area contributed by atoms with Crippen LogP contribution in [0, 0.1) is 0 Å². The molecule has 0 aromatic rings. The topological polar surface area (TPSA) is 46.2 Å². The number of aliphatic hydroxyl groups is 1. The molecule has 1 fully saturated rings. The Morgan fingerprint density at radius 1 is 1.50 bits per heavy atom. The second-order valence-corrected chi connectivity index (χ2v) is 2.75. The molecule has 60 valence electrons. The zero-order valence-electron chi connectivity index (χ0n) is 5.56. The van der Waals surface area contributed by atoms with E-state index >= 15 is 0 Å². The lowest BCUT2D eigenvalue weighted by Crippen LogP contribution is -2.52. The highest BCUT2D eigenvalue weighted by atomic mass is 19.3. The molecule has 0 bridgehead atoms. The number of alkyl halides is 2. The normalized spacial score (nSPS) is 39.6. The zero-order chi connectivity index (χ0) is 7.78. The zero-order valence-corrected chi connectivity index (χ0v) is 5.56.